The Bertz CT molecular complexity index is 1340. The molecule has 0 radical (unpaired) electrons. The number of morpholine rings is 1. The van der Waals surface area contributed by atoms with E-state index in [2.05, 4.69) is 41.9 Å². The molecule has 4 aliphatic rings. The second-order valence-electron chi connectivity index (χ2n) is 10.8. The van der Waals surface area contributed by atoms with E-state index in [1.807, 2.05) is 23.3 Å². The van der Waals surface area contributed by atoms with E-state index >= 15 is 0 Å². The largest absolute Gasteiger partial charge is 0.381 e. The number of aromatic amines is 1. The van der Waals surface area contributed by atoms with E-state index in [0.29, 0.717) is 36.3 Å². The number of nitrogens with one attached hydrogen (secondary N) is 3. The van der Waals surface area contributed by atoms with Gasteiger partial charge in [-0.15, -0.1) is 0 Å². The smallest absolute Gasteiger partial charge is 0.231 e. The molecular formula is C27H36N10O2. The molecule has 12 heteroatoms. The maximum absolute atomic E-state index is 5.56. The fraction of sp³-hybridized carbons (Fsp3) is 0.593. The molecule has 1 saturated carbocycles. The number of H-pyrrole nitrogens is 1. The van der Waals surface area contributed by atoms with Gasteiger partial charge in [0.2, 0.25) is 5.95 Å². The Morgan fingerprint density at radius 2 is 1.74 bits per heavy atom. The van der Waals surface area contributed by atoms with Gasteiger partial charge in [0.25, 0.3) is 0 Å². The van der Waals surface area contributed by atoms with E-state index in [9.17, 15) is 0 Å². The van der Waals surface area contributed by atoms with E-state index in [1.165, 1.54) is 12.8 Å². The number of fused-ring (bicyclic) bond motifs is 1. The zero-order valence-corrected chi connectivity index (χ0v) is 22.2. The number of hydrogen-bond donors (Lipinski definition) is 3. The summed E-state index contributed by atoms with van der Waals surface area (Å²) in [5.41, 5.74) is 3.43. The number of aromatic nitrogens is 6. The van der Waals surface area contributed by atoms with Crippen LogP contribution < -0.4 is 10.6 Å². The average Bonchev–Trinajstić information content (AvgIpc) is 3.76. The maximum atomic E-state index is 5.56. The number of anilines is 3. The first-order chi connectivity index (χ1) is 19.3. The number of aliphatic imine (C=N–C) groups is 1. The number of rotatable bonds is 7. The minimum absolute atomic E-state index is 0.346. The van der Waals surface area contributed by atoms with Crippen molar-refractivity contribution < 1.29 is 9.47 Å². The van der Waals surface area contributed by atoms with Gasteiger partial charge in [-0.2, -0.15) is 20.2 Å². The van der Waals surface area contributed by atoms with Gasteiger partial charge in [0.1, 0.15) is 5.82 Å². The molecule has 1 aliphatic carbocycles. The van der Waals surface area contributed by atoms with Crippen molar-refractivity contribution in [1.82, 2.24) is 34.8 Å². The van der Waals surface area contributed by atoms with Crippen LogP contribution in [0.3, 0.4) is 0 Å². The summed E-state index contributed by atoms with van der Waals surface area (Å²) in [7, 11) is 0. The fourth-order valence-corrected chi connectivity index (χ4v) is 6.22. The molecule has 3 N–H and O–H groups in total. The third kappa shape index (κ3) is 5.28. The summed E-state index contributed by atoms with van der Waals surface area (Å²) in [5.74, 6) is 1.31. The van der Waals surface area contributed by atoms with Gasteiger partial charge in [0.05, 0.1) is 48.8 Å². The van der Waals surface area contributed by atoms with Gasteiger partial charge in [0, 0.05) is 56.4 Å². The van der Waals surface area contributed by atoms with Crippen LogP contribution in [0.5, 0.6) is 0 Å². The van der Waals surface area contributed by atoms with Crippen LogP contribution in [-0.4, -0.2) is 99.2 Å². The third-order valence-corrected chi connectivity index (χ3v) is 8.37. The monoisotopic (exact) mass is 532 g/mol. The highest BCUT2D eigenvalue weighted by molar-refractivity contribution is 6.16. The zero-order valence-electron chi connectivity index (χ0n) is 22.2. The summed E-state index contributed by atoms with van der Waals surface area (Å²) in [4.78, 5) is 16.7. The first kappa shape index (κ1) is 24.7. The first-order valence-electron chi connectivity index (χ1n) is 14.2. The predicted molar refractivity (Wildman–Crippen MR) is 150 cm³/mol. The maximum Gasteiger partial charge on any atom is 0.231 e. The summed E-state index contributed by atoms with van der Waals surface area (Å²) < 4.78 is 13.1. The summed E-state index contributed by atoms with van der Waals surface area (Å²) in [6.45, 7) is 6.03. The van der Waals surface area contributed by atoms with Crippen LogP contribution in [0.4, 0.5) is 17.5 Å². The minimum atomic E-state index is 0.346. The van der Waals surface area contributed by atoms with Gasteiger partial charge >= 0.3 is 0 Å². The van der Waals surface area contributed by atoms with Crippen molar-refractivity contribution in [2.24, 2.45) is 4.99 Å². The fourth-order valence-electron chi connectivity index (χ4n) is 6.22. The van der Waals surface area contributed by atoms with Crippen molar-refractivity contribution in [3.05, 3.63) is 24.2 Å². The van der Waals surface area contributed by atoms with Gasteiger partial charge in [-0.3, -0.25) is 19.7 Å². The molecule has 3 aromatic rings. The van der Waals surface area contributed by atoms with Crippen LogP contribution in [-0.2, 0) is 9.47 Å². The molecule has 0 atom stereocenters. The van der Waals surface area contributed by atoms with Crippen LogP contribution >= 0.6 is 0 Å². The Hall–Kier alpha value is -3.35. The first-order valence-corrected chi connectivity index (χ1v) is 14.2. The van der Waals surface area contributed by atoms with Gasteiger partial charge in [-0.1, -0.05) is 6.08 Å². The highest BCUT2D eigenvalue weighted by atomic mass is 16.5. The van der Waals surface area contributed by atoms with E-state index in [1.54, 1.807) is 0 Å². The molecule has 6 heterocycles. The highest BCUT2D eigenvalue weighted by Crippen LogP contribution is 2.33. The van der Waals surface area contributed by atoms with Crippen molar-refractivity contribution in [3.8, 4) is 0 Å². The molecule has 3 aromatic heterocycles. The predicted octanol–water partition coefficient (Wildman–Crippen LogP) is 3.17. The molecule has 7 rings (SSSR count). The molecule has 2 saturated heterocycles. The van der Waals surface area contributed by atoms with Crippen LogP contribution in [0.15, 0.2) is 23.5 Å². The number of ether oxygens (including phenoxy) is 2. The van der Waals surface area contributed by atoms with Gasteiger partial charge in [0.15, 0.2) is 5.65 Å². The van der Waals surface area contributed by atoms with Crippen molar-refractivity contribution in [2.75, 3.05) is 56.7 Å². The standard InChI is InChI=1S/C27H36N10O2/c1-3-21(36-9-13-39-14-10-36)4-2-19(1)30-25-23-24(18-5-8-28-15-18)34-35-26(23)33-27(32-25)31-20-16-29-37(17-20)22-6-11-38-12-7-22/h5,15-17,19,21-22H,1-4,6-14H2,(H3,30,31,32,33,34,35). The molecule has 3 fully saturated rings. The lowest BCUT2D eigenvalue weighted by Crippen LogP contribution is -2.46. The molecule has 12 nitrogen and oxygen atoms in total. The van der Waals surface area contributed by atoms with Crippen LogP contribution in [0.1, 0.15) is 50.3 Å². The van der Waals surface area contributed by atoms with Crippen molar-refractivity contribution in [1.29, 1.82) is 0 Å². The molecule has 39 heavy (non-hydrogen) atoms. The Kier molecular flexibility index (Phi) is 6.98. The molecule has 0 aromatic carbocycles. The van der Waals surface area contributed by atoms with Crippen LogP contribution in [0, 0.1) is 0 Å². The molecule has 0 unspecified atom stereocenters. The Labute approximate surface area is 227 Å². The molecule has 0 amide bonds. The average molecular weight is 533 g/mol. The van der Waals surface area contributed by atoms with E-state index < -0.39 is 0 Å². The highest BCUT2D eigenvalue weighted by Gasteiger charge is 2.28. The SMILES string of the molecule is C1=NCC=C1c1[nH]nc2nc(Nc3cnn(C4CCOCC4)c3)nc(NC3CCC(N4CCOCC4)CC3)c12. The lowest BCUT2D eigenvalue weighted by molar-refractivity contribution is 0.00791. The lowest BCUT2D eigenvalue weighted by atomic mass is 9.90. The Balaban J connectivity index is 1.12. The molecule has 3 aliphatic heterocycles. The van der Waals surface area contributed by atoms with Gasteiger partial charge in [-0.25, -0.2) is 0 Å². The van der Waals surface area contributed by atoms with E-state index in [4.69, 9.17) is 19.4 Å². The van der Waals surface area contributed by atoms with Gasteiger partial charge < -0.3 is 20.1 Å². The molecule has 206 valence electrons. The summed E-state index contributed by atoms with van der Waals surface area (Å²) in [5, 5.41) is 20.4. The van der Waals surface area contributed by atoms with E-state index in [-0.39, 0.29) is 0 Å². The molecular weight excluding hydrogens is 496 g/mol. The normalized spacial score (nSPS) is 24.8. The van der Waals surface area contributed by atoms with Crippen LogP contribution in [0.25, 0.3) is 16.6 Å². The Morgan fingerprint density at radius 1 is 0.923 bits per heavy atom. The van der Waals surface area contributed by atoms with Crippen LogP contribution in [0.2, 0.25) is 0 Å². The second-order valence-corrected chi connectivity index (χ2v) is 10.8. The van der Waals surface area contributed by atoms with Gasteiger partial charge in [-0.05, 0) is 38.5 Å². The zero-order chi connectivity index (χ0) is 26.0. The van der Waals surface area contributed by atoms with Crippen molar-refractivity contribution >= 4 is 40.3 Å². The number of allylic oxidation sites excluding steroid dienone is 1. The lowest BCUT2D eigenvalue weighted by Gasteiger charge is -2.39. The number of nitrogens with zero attached hydrogens (tertiary/aromatic N) is 7. The summed E-state index contributed by atoms with van der Waals surface area (Å²) in [6.07, 6.45) is 14.4. The quantitative estimate of drug-likeness (QED) is 0.420. The molecule has 0 spiro atoms. The van der Waals surface area contributed by atoms with Crippen molar-refractivity contribution in [2.45, 2.75) is 56.7 Å². The third-order valence-electron chi connectivity index (χ3n) is 8.37. The topological polar surface area (TPSA) is 130 Å². The molecule has 0 bridgehead atoms. The summed E-state index contributed by atoms with van der Waals surface area (Å²) >= 11 is 0. The van der Waals surface area contributed by atoms with E-state index in [0.717, 1.165) is 93.4 Å². The Morgan fingerprint density at radius 3 is 2.54 bits per heavy atom. The van der Waals surface area contributed by atoms with Crippen molar-refractivity contribution in [3.63, 3.8) is 0 Å². The number of hydrogen-bond acceptors (Lipinski definition) is 10. The second kappa shape index (κ2) is 11.0. The minimum Gasteiger partial charge on any atom is -0.381 e. The summed E-state index contributed by atoms with van der Waals surface area (Å²) in [6, 6.07) is 1.35.